The maximum Gasteiger partial charge on any atom is 0.326 e. The lowest BCUT2D eigenvalue weighted by Gasteiger charge is -2.22. The molecule has 0 aliphatic rings. The van der Waals surface area contributed by atoms with E-state index in [0.717, 1.165) is 11.1 Å². The molecule has 0 heterocycles. The Labute approximate surface area is 224 Å². The van der Waals surface area contributed by atoms with Crippen LogP contribution in [0.3, 0.4) is 0 Å². The zero-order chi connectivity index (χ0) is 27.8. The van der Waals surface area contributed by atoms with Crippen molar-refractivity contribution >= 4 is 17.6 Å². The number of carbonyl (C=O) groups is 2. The minimum Gasteiger partial charge on any atom is -0.493 e. The molecule has 198 valence electrons. The normalized spacial score (nSPS) is 11.4. The summed E-state index contributed by atoms with van der Waals surface area (Å²) in [5.74, 6) is -1.50. The molecule has 0 aromatic heterocycles. The second kappa shape index (κ2) is 12.4. The van der Waals surface area contributed by atoms with Gasteiger partial charge >= 0.3 is 5.97 Å². The maximum absolute atomic E-state index is 13.5. The zero-order valence-corrected chi connectivity index (χ0v) is 21.0. The standard InChI is InChI=1S/C30H26N2O7/c1-38-26-14-8-13-22(28(26)39-24-17-15-23(16-18-24)32(36)37)19-25(30(34)35)31-29(33)27(20-9-4-2-5-10-20)21-11-6-3-7-12-21/h2-18,25,27H,19H2,1H3,(H,31,33)(H,34,35). The van der Waals surface area contributed by atoms with Crippen LogP contribution in [0, 0.1) is 10.1 Å². The SMILES string of the molecule is COc1cccc(CC(NC(=O)C(c2ccccc2)c2ccccc2)C(=O)O)c1Oc1ccc([N+](=O)[O-])cc1. The molecular formula is C30H26N2O7. The molecule has 0 spiro atoms. The van der Waals surface area contributed by atoms with Gasteiger partial charge in [0.1, 0.15) is 11.8 Å². The second-order valence-electron chi connectivity index (χ2n) is 8.66. The van der Waals surface area contributed by atoms with Gasteiger partial charge in [0.05, 0.1) is 18.0 Å². The molecule has 39 heavy (non-hydrogen) atoms. The minimum atomic E-state index is -1.28. The van der Waals surface area contributed by atoms with Crippen LogP contribution in [0.25, 0.3) is 0 Å². The van der Waals surface area contributed by atoms with Crippen LogP contribution in [-0.2, 0) is 16.0 Å². The first-order valence-electron chi connectivity index (χ1n) is 12.1. The van der Waals surface area contributed by atoms with E-state index in [2.05, 4.69) is 5.32 Å². The molecule has 0 bridgehead atoms. The summed E-state index contributed by atoms with van der Waals surface area (Å²) in [4.78, 5) is 36.3. The molecule has 0 fully saturated rings. The number of carbonyl (C=O) groups excluding carboxylic acids is 1. The lowest BCUT2D eigenvalue weighted by molar-refractivity contribution is -0.384. The van der Waals surface area contributed by atoms with Gasteiger partial charge in [0, 0.05) is 24.1 Å². The lowest BCUT2D eigenvalue weighted by atomic mass is 9.90. The number of nitrogens with zero attached hydrogens (tertiary/aromatic N) is 1. The number of hydrogen-bond acceptors (Lipinski definition) is 6. The van der Waals surface area contributed by atoms with Gasteiger partial charge < -0.3 is 19.9 Å². The van der Waals surface area contributed by atoms with Gasteiger partial charge in [0.25, 0.3) is 5.69 Å². The first-order chi connectivity index (χ1) is 18.9. The second-order valence-corrected chi connectivity index (χ2v) is 8.66. The summed E-state index contributed by atoms with van der Waals surface area (Å²) >= 11 is 0. The number of nitro benzene ring substituents is 1. The quantitative estimate of drug-likeness (QED) is 0.199. The predicted molar refractivity (Wildman–Crippen MR) is 144 cm³/mol. The van der Waals surface area contributed by atoms with E-state index in [9.17, 15) is 24.8 Å². The first kappa shape index (κ1) is 26.9. The Morgan fingerprint density at radius 3 is 1.97 bits per heavy atom. The number of carboxylic acid groups (broad SMARTS) is 1. The number of rotatable bonds is 11. The third kappa shape index (κ3) is 6.58. The van der Waals surface area contributed by atoms with Crippen LogP contribution in [0.5, 0.6) is 17.2 Å². The van der Waals surface area contributed by atoms with E-state index in [1.807, 2.05) is 60.7 Å². The Kier molecular flexibility index (Phi) is 8.53. The van der Waals surface area contributed by atoms with E-state index >= 15 is 0 Å². The number of ether oxygens (including phenoxy) is 2. The van der Waals surface area contributed by atoms with Gasteiger partial charge in [-0.1, -0.05) is 72.8 Å². The molecule has 1 unspecified atom stereocenters. The summed E-state index contributed by atoms with van der Waals surface area (Å²) < 4.78 is 11.4. The van der Waals surface area contributed by atoms with Gasteiger partial charge in [0.2, 0.25) is 5.91 Å². The number of hydrogen-bond donors (Lipinski definition) is 2. The summed E-state index contributed by atoms with van der Waals surface area (Å²) in [5, 5.41) is 23.7. The van der Waals surface area contributed by atoms with Crippen molar-refractivity contribution in [2.24, 2.45) is 0 Å². The van der Waals surface area contributed by atoms with Gasteiger partial charge in [-0.2, -0.15) is 0 Å². The highest BCUT2D eigenvalue weighted by Crippen LogP contribution is 2.36. The molecule has 0 radical (unpaired) electrons. The Hall–Kier alpha value is -5.18. The molecule has 9 nitrogen and oxygen atoms in total. The predicted octanol–water partition coefficient (Wildman–Crippen LogP) is 5.34. The number of non-ortho nitro benzene ring substituents is 1. The molecule has 9 heteroatoms. The number of para-hydroxylation sites is 1. The van der Waals surface area contributed by atoms with E-state index in [-0.39, 0.29) is 17.9 Å². The van der Waals surface area contributed by atoms with Gasteiger partial charge in [-0.15, -0.1) is 0 Å². The van der Waals surface area contributed by atoms with Gasteiger partial charge in [-0.3, -0.25) is 14.9 Å². The Balaban J connectivity index is 1.62. The van der Waals surface area contributed by atoms with Gasteiger partial charge in [0.15, 0.2) is 11.5 Å². The number of amides is 1. The number of methoxy groups -OCH3 is 1. The van der Waals surface area contributed by atoms with Crippen molar-refractivity contribution in [3.05, 3.63) is 130 Å². The Morgan fingerprint density at radius 2 is 1.46 bits per heavy atom. The molecular weight excluding hydrogens is 500 g/mol. The molecule has 4 aromatic carbocycles. The van der Waals surface area contributed by atoms with Crippen LogP contribution in [0.15, 0.2) is 103 Å². The average molecular weight is 527 g/mol. The summed E-state index contributed by atoms with van der Waals surface area (Å²) in [6.45, 7) is 0. The van der Waals surface area contributed by atoms with Gasteiger partial charge in [-0.25, -0.2) is 4.79 Å². The monoisotopic (exact) mass is 526 g/mol. The highest BCUT2D eigenvalue weighted by atomic mass is 16.6. The number of benzene rings is 4. The maximum atomic E-state index is 13.5. The molecule has 0 aliphatic heterocycles. The molecule has 0 saturated heterocycles. The summed E-state index contributed by atoms with van der Waals surface area (Å²) in [6.07, 6.45) is -0.100. The smallest absolute Gasteiger partial charge is 0.326 e. The number of carboxylic acids is 1. The van der Waals surface area contributed by atoms with Gasteiger partial charge in [-0.05, 0) is 29.3 Å². The van der Waals surface area contributed by atoms with Crippen molar-refractivity contribution in [1.29, 1.82) is 0 Å². The largest absolute Gasteiger partial charge is 0.493 e. The third-order valence-corrected chi connectivity index (χ3v) is 6.11. The van der Waals surface area contributed by atoms with Crippen LogP contribution in [0.2, 0.25) is 0 Å². The van der Waals surface area contributed by atoms with Crippen LogP contribution < -0.4 is 14.8 Å². The summed E-state index contributed by atoms with van der Waals surface area (Å²) in [6, 6.07) is 27.5. The molecule has 4 rings (SSSR count). The van der Waals surface area contributed by atoms with E-state index in [1.165, 1.54) is 31.4 Å². The van der Waals surface area contributed by atoms with Crippen molar-refractivity contribution in [3.8, 4) is 17.2 Å². The van der Waals surface area contributed by atoms with Crippen LogP contribution >= 0.6 is 0 Å². The summed E-state index contributed by atoms with van der Waals surface area (Å²) in [7, 11) is 1.45. The fraction of sp³-hybridized carbons (Fsp3) is 0.133. The molecule has 1 amide bonds. The van der Waals surface area contributed by atoms with E-state index < -0.39 is 28.8 Å². The minimum absolute atomic E-state index is 0.0948. The van der Waals surface area contributed by atoms with Crippen molar-refractivity contribution in [3.63, 3.8) is 0 Å². The van der Waals surface area contributed by atoms with Crippen LogP contribution in [0.4, 0.5) is 5.69 Å². The number of nitrogens with one attached hydrogen (secondary N) is 1. The highest BCUT2D eigenvalue weighted by molar-refractivity contribution is 5.90. The van der Waals surface area contributed by atoms with E-state index in [0.29, 0.717) is 17.1 Å². The first-order valence-corrected chi connectivity index (χ1v) is 12.1. The Morgan fingerprint density at radius 1 is 0.872 bits per heavy atom. The van der Waals surface area contributed by atoms with Crippen molar-refractivity contribution < 1.29 is 29.1 Å². The molecule has 4 aromatic rings. The van der Waals surface area contributed by atoms with E-state index in [4.69, 9.17) is 9.47 Å². The number of aliphatic carboxylic acids is 1. The third-order valence-electron chi connectivity index (χ3n) is 6.11. The summed E-state index contributed by atoms with van der Waals surface area (Å²) in [5.41, 5.74) is 1.84. The zero-order valence-electron chi connectivity index (χ0n) is 21.0. The molecule has 1 atom stereocenters. The van der Waals surface area contributed by atoms with Crippen molar-refractivity contribution in [1.82, 2.24) is 5.32 Å². The van der Waals surface area contributed by atoms with Crippen molar-refractivity contribution in [2.45, 2.75) is 18.4 Å². The van der Waals surface area contributed by atoms with E-state index in [1.54, 1.807) is 18.2 Å². The fourth-order valence-corrected chi connectivity index (χ4v) is 4.21. The molecule has 2 N–H and O–H groups in total. The highest BCUT2D eigenvalue weighted by Gasteiger charge is 2.29. The fourth-order valence-electron chi connectivity index (χ4n) is 4.21. The lowest BCUT2D eigenvalue weighted by Crippen LogP contribution is -2.44. The topological polar surface area (TPSA) is 128 Å². The van der Waals surface area contributed by atoms with Crippen LogP contribution in [-0.4, -0.2) is 35.1 Å². The van der Waals surface area contributed by atoms with Crippen LogP contribution in [0.1, 0.15) is 22.6 Å². The molecule has 0 saturated carbocycles. The average Bonchev–Trinajstić information content (AvgIpc) is 2.95. The Bertz CT molecular complexity index is 1400. The number of nitro groups is 1. The molecule has 0 aliphatic carbocycles. The van der Waals surface area contributed by atoms with Crippen molar-refractivity contribution in [2.75, 3.05) is 7.11 Å².